The van der Waals surface area contributed by atoms with E-state index in [0.29, 0.717) is 11.6 Å². The van der Waals surface area contributed by atoms with Gasteiger partial charge in [-0.3, -0.25) is 0 Å². The number of imidazole rings is 1. The van der Waals surface area contributed by atoms with Crippen LogP contribution in [0.4, 0.5) is 0 Å². The molecule has 2 aromatic heterocycles. The highest BCUT2D eigenvalue weighted by atomic mass is 16.5. The van der Waals surface area contributed by atoms with E-state index in [9.17, 15) is 0 Å². The van der Waals surface area contributed by atoms with Gasteiger partial charge < -0.3 is 9.72 Å². The van der Waals surface area contributed by atoms with Crippen molar-refractivity contribution >= 4 is 0 Å². The van der Waals surface area contributed by atoms with Crippen LogP contribution < -0.4 is 4.74 Å². The van der Waals surface area contributed by atoms with Gasteiger partial charge in [0.1, 0.15) is 11.6 Å². The van der Waals surface area contributed by atoms with Gasteiger partial charge in [0.15, 0.2) is 0 Å². The Hall–Kier alpha value is -4.96. The van der Waals surface area contributed by atoms with E-state index in [1.807, 2.05) is 66.7 Å². The van der Waals surface area contributed by atoms with Crippen molar-refractivity contribution in [3.8, 4) is 56.7 Å². The number of H-pyrrole nitrogens is 1. The Morgan fingerprint density at radius 3 is 1.89 bits per heavy atom. The number of hydrogen-bond donors (Lipinski definition) is 1. The average Bonchev–Trinajstić information content (AvgIpc) is 3.41. The lowest BCUT2D eigenvalue weighted by Crippen LogP contribution is -1.88. The van der Waals surface area contributed by atoms with Gasteiger partial charge in [0, 0.05) is 29.0 Å². The van der Waals surface area contributed by atoms with Crippen LogP contribution in [0, 0.1) is 0 Å². The van der Waals surface area contributed by atoms with E-state index in [4.69, 9.17) is 9.72 Å². The lowest BCUT2D eigenvalue weighted by Gasteiger charge is -2.06. The lowest BCUT2D eigenvalue weighted by molar-refractivity contribution is 0.463. The molecule has 172 valence electrons. The summed E-state index contributed by atoms with van der Waals surface area (Å²) in [5, 5.41) is 0. The second-order valence-corrected chi connectivity index (χ2v) is 8.42. The van der Waals surface area contributed by atoms with Gasteiger partial charge in [-0.25, -0.2) is 9.97 Å². The number of aromatic amines is 1. The first-order valence-corrected chi connectivity index (χ1v) is 11.8. The molecule has 0 amide bonds. The van der Waals surface area contributed by atoms with Crippen molar-refractivity contribution in [1.29, 1.82) is 0 Å². The third-order valence-corrected chi connectivity index (χ3v) is 6.00. The molecule has 0 saturated heterocycles. The summed E-state index contributed by atoms with van der Waals surface area (Å²) >= 11 is 0. The summed E-state index contributed by atoms with van der Waals surface area (Å²) in [6, 6.07) is 42.8. The van der Waals surface area contributed by atoms with Crippen molar-refractivity contribution in [2.45, 2.75) is 0 Å². The molecule has 4 nitrogen and oxygen atoms in total. The predicted molar refractivity (Wildman–Crippen MR) is 145 cm³/mol. The maximum atomic E-state index is 5.95. The van der Waals surface area contributed by atoms with Gasteiger partial charge in [-0.05, 0) is 29.3 Å². The molecule has 0 aliphatic carbocycles. The van der Waals surface area contributed by atoms with Crippen molar-refractivity contribution in [1.82, 2.24) is 15.0 Å². The third-order valence-electron chi connectivity index (χ3n) is 6.00. The molecule has 0 saturated carbocycles. The first kappa shape index (κ1) is 21.6. The Morgan fingerprint density at radius 2 is 1.17 bits per heavy atom. The van der Waals surface area contributed by atoms with E-state index in [2.05, 4.69) is 70.6 Å². The SMILES string of the molecule is c1ccc(-c2ccc(-c3[nH]c(-c4cccc(Oc5ccccn5)c4)nc3-c3ccccc3)cc2)cc1. The van der Waals surface area contributed by atoms with Crippen LogP contribution in [0.1, 0.15) is 0 Å². The molecule has 0 aliphatic heterocycles. The van der Waals surface area contributed by atoms with Crippen LogP contribution in [0.5, 0.6) is 11.6 Å². The Balaban J connectivity index is 1.39. The summed E-state index contributed by atoms with van der Waals surface area (Å²) in [5.74, 6) is 2.04. The zero-order chi connectivity index (χ0) is 24.2. The van der Waals surface area contributed by atoms with Crippen molar-refractivity contribution in [3.05, 3.63) is 134 Å². The Kier molecular flexibility index (Phi) is 5.83. The number of nitrogens with zero attached hydrogens (tertiary/aromatic N) is 2. The number of benzene rings is 4. The second-order valence-electron chi connectivity index (χ2n) is 8.42. The maximum Gasteiger partial charge on any atom is 0.219 e. The fraction of sp³-hybridized carbons (Fsp3) is 0. The van der Waals surface area contributed by atoms with Crippen LogP contribution in [0.25, 0.3) is 45.0 Å². The van der Waals surface area contributed by atoms with Crippen LogP contribution in [0.2, 0.25) is 0 Å². The van der Waals surface area contributed by atoms with E-state index in [0.717, 1.165) is 33.9 Å². The first-order valence-electron chi connectivity index (χ1n) is 11.8. The van der Waals surface area contributed by atoms with Crippen molar-refractivity contribution in [2.75, 3.05) is 0 Å². The quantitative estimate of drug-likeness (QED) is 0.269. The third kappa shape index (κ3) is 4.52. The molecule has 4 heteroatoms. The topological polar surface area (TPSA) is 50.8 Å². The van der Waals surface area contributed by atoms with Crippen LogP contribution in [-0.2, 0) is 0 Å². The number of pyridine rings is 1. The molecule has 36 heavy (non-hydrogen) atoms. The van der Waals surface area contributed by atoms with Crippen LogP contribution in [0.3, 0.4) is 0 Å². The standard InChI is InChI=1S/C32H23N3O/c1-3-10-23(11-4-1)24-17-19-26(20-18-24)31-30(25-12-5-2-6-13-25)34-32(35-31)27-14-9-15-28(22-27)36-29-16-7-8-21-33-29/h1-22H,(H,34,35). The van der Waals surface area contributed by atoms with E-state index >= 15 is 0 Å². The van der Waals surface area contributed by atoms with Gasteiger partial charge in [-0.1, -0.05) is 103 Å². The van der Waals surface area contributed by atoms with E-state index < -0.39 is 0 Å². The van der Waals surface area contributed by atoms with Gasteiger partial charge in [0.05, 0.1) is 11.4 Å². The number of nitrogens with one attached hydrogen (secondary N) is 1. The monoisotopic (exact) mass is 465 g/mol. The maximum absolute atomic E-state index is 5.95. The summed E-state index contributed by atoms with van der Waals surface area (Å²) in [5.41, 5.74) is 7.34. The molecule has 6 aromatic rings. The van der Waals surface area contributed by atoms with Crippen molar-refractivity contribution in [2.24, 2.45) is 0 Å². The molecule has 0 radical (unpaired) electrons. The molecule has 0 unspecified atom stereocenters. The van der Waals surface area contributed by atoms with E-state index in [-0.39, 0.29) is 0 Å². The minimum atomic E-state index is 0.554. The van der Waals surface area contributed by atoms with E-state index in [1.165, 1.54) is 11.1 Å². The summed E-state index contributed by atoms with van der Waals surface area (Å²) in [7, 11) is 0. The number of ether oxygens (including phenoxy) is 1. The van der Waals surface area contributed by atoms with Gasteiger partial charge in [-0.15, -0.1) is 0 Å². The van der Waals surface area contributed by atoms with Gasteiger partial charge >= 0.3 is 0 Å². The zero-order valence-electron chi connectivity index (χ0n) is 19.5. The highest BCUT2D eigenvalue weighted by molar-refractivity contribution is 5.82. The number of rotatable bonds is 6. The van der Waals surface area contributed by atoms with Crippen LogP contribution >= 0.6 is 0 Å². The lowest BCUT2D eigenvalue weighted by atomic mass is 10.0. The summed E-state index contributed by atoms with van der Waals surface area (Å²) in [6.45, 7) is 0. The minimum Gasteiger partial charge on any atom is -0.439 e. The van der Waals surface area contributed by atoms with Crippen molar-refractivity contribution < 1.29 is 4.74 Å². The first-order chi connectivity index (χ1) is 17.8. The minimum absolute atomic E-state index is 0.554. The zero-order valence-corrected chi connectivity index (χ0v) is 19.5. The van der Waals surface area contributed by atoms with Gasteiger partial charge in [0.25, 0.3) is 0 Å². The largest absolute Gasteiger partial charge is 0.439 e. The van der Waals surface area contributed by atoms with Gasteiger partial charge in [0.2, 0.25) is 5.88 Å². The highest BCUT2D eigenvalue weighted by Crippen LogP contribution is 2.35. The fourth-order valence-corrected chi connectivity index (χ4v) is 4.22. The predicted octanol–water partition coefficient (Wildman–Crippen LogP) is 8.27. The molecule has 1 N–H and O–H groups in total. The molecular formula is C32H23N3O. The van der Waals surface area contributed by atoms with Gasteiger partial charge in [-0.2, -0.15) is 0 Å². The molecule has 6 rings (SSSR count). The molecule has 0 aliphatic rings. The molecule has 0 bridgehead atoms. The highest BCUT2D eigenvalue weighted by Gasteiger charge is 2.16. The molecule has 4 aromatic carbocycles. The Labute approximate surface area is 209 Å². The average molecular weight is 466 g/mol. The summed E-state index contributed by atoms with van der Waals surface area (Å²) < 4.78 is 5.95. The van der Waals surface area contributed by atoms with E-state index in [1.54, 1.807) is 6.20 Å². The molecular weight excluding hydrogens is 442 g/mol. The fourth-order valence-electron chi connectivity index (χ4n) is 4.22. The molecule has 0 spiro atoms. The number of hydrogen-bond acceptors (Lipinski definition) is 3. The second kappa shape index (κ2) is 9.72. The summed E-state index contributed by atoms with van der Waals surface area (Å²) in [6.07, 6.45) is 1.72. The van der Waals surface area contributed by atoms with Crippen LogP contribution in [-0.4, -0.2) is 15.0 Å². The Morgan fingerprint density at radius 1 is 0.528 bits per heavy atom. The molecule has 0 fully saturated rings. The molecule has 0 atom stereocenters. The molecule has 2 heterocycles. The smallest absolute Gasteiger partial charge is 0.219 e. The normalized spacial score (nSPS) is 10.8. The van der Waals surface area contributed by atoms with Crippen molar-refractivity contribution in [3.63, 3.8) is 0 Å². The summed E-state index contributed by atoms with van der Waals surface area (Å²) in [4.78, 5) is 12.9. The number of aromatic nitrogens is 3. The Bertz CT molecular complexity index is 1580. The van der Waals surface area contributed by atoms with Crippen LogP contribution in [0.15, 0.2) is 134 Å².